The molecule has 2 rings (SSSR count). The number of nitrogens with zero attached hydrogens (tertiary/aromatic N) is 2. The highest BCUT2D eigenvalue weighted by molar-refractivity contribution is 5.94. The van der Waals surface area contributed by atoms with Crippen LogP contribution in [0.15, 0.2) is 30.7 Å². The van der Waals surface area contributed by atoms with Crippen molar-refractivity contribution in [3.05, 3.63) is 36.4 Å². The minimum absolute atomic E-state index is 0.341. The normalized spacial score (nSPS) is 10.1. The number of hydrogen-bond donors (Lipinski definition) is 1. The van der Waals surface area contributed by atoms with Crippen LogP contribution in [0.3, 0.4) is 0 Å². The Labute approximate surface area is 92.5 Å². The van der Waals surface area contributed by atoms with Crippen molar-refractivity contribution in [3.63, 3.8) is 0 Å². The third-order valence-electron chi connectivity index (χ3n) is 2.11. The van der Waals surface area contributed by atoms with Crippen LogP contribution in [0.25, 0.3) is 11.1 Å². The summed E-state index contributed by atoms with van der Waals surface area (Å²) in [6.45, 7) is 2.11. The molecule has 0 radical (unpaired) electrons. The van der Waals surface area contributed by atoms with Gasteiger partial charge in [-0.3, -0.25) is 10.1 Å². The number of pyridine rings is 1. The lowest BCUT2D eigenvalue weighted by molar-refractivity contribution is 0.0520. The van der Waals surface area contributed by atoms with E-state index in [0.717, 1.165) is 11.1 Å². The molecule has 0 aromatic carbocycles. The standard InChI is InChI=1S/C11H11N3O2/c1-2-16-11(15)10-9(7-13-14-10)8-3-5-12-6-4-8/h3-7H,2H2,1H3,(H,13,14). The molecular formula is C11H11N3O2. The number of hydrogen-bond acceptors (Lipinski definition) is 4. The quantitative estimate of drug-likeness (QED) is 0.794. The highest BCUT2D eigenvalue weighted by Crippen LogP contribution is 2.21. The van der Waals surface area contributed by atoms with Crippen molar-refractivity contribution in [1.82, 2.24) is 15.2 Å². The molecule has 0 spiro atoms. The van der Waals surface area contributed by atoms with E-state index in [1.807, 2.05) is 12.1 Å². The summed E-state index contributed by atoms with van der Waals surface area (Å²) in [5.74, 6) is -0.396. The van der Waals surface area contributed by atoms with Gasteiger partial charge in [-0.05, 0) is 24.6 Å². The summed E-state index contributed by atoms with van der Waals surface area (Å²) in [5.41, 5.74) is 1.97. The molecule has 2 heterocycles. The molecule has 0 aliphatic carbocycles. The molecule has 0 aliphatic heterocycles. The van der Waals surface area contributed by atoms with Gasteiger partial charge in [-0.1, -0.05) is 0 Å². The molecule has 5 heteroatoms. The third-order valence-corrected chi connectivity index (χ3v) is 2.11. The minimum atomic E-state index is -0.396. The van der Waals surface area contributed by atoms with E-state index in [-0.39, 0.29) is 0 Å². The lowest BCUT2D eigenvalue weighted by Crippen LogP contribution is -2.06. The lowest BCUT2D eigenvalue weighted by atomic mass is 10.1. The predicted octanol–water partition coefficient (Wildman–Crippen LogP) is 1.65. The molecule has 0 unspecified atom stereocenters. The van der Waals surface area contributed by atoms with E-state index in [9.17, 15) is 4.79 Å². The van der Waals surface area contributed by atoms with Gasteiger partial charge >= 0.3 is 5.97 Å². The van der Waals surface area contributed by atoms with Crippen molar-refractivity contribution in [3.8, 4) is 11.1 Å². The zero-order valence-corrected chi connectivity index (χ0v) is 8.80. The molecule has 82 valence electrons. The second-order valence-corrected chi connectivity index (χ2v) is 3.12. The van der Waals surface area contributed by atoms with Gasteiger partial charge < -0.3 is 4.74 Å². The first-order valence-electron chi connectivity index (χ1n) is 4.93. The second-order valence-electron chi connectivity index (χ2n) is 3.12. The van der Waals surface area contributed by atoms with Crippen LogP contribution in [-0.2, 0) is 4.74 Å². The van der Waals surface area contributed by atoms with Crippen LogP contribution in [0.1, 0.15) is 17.4 Å². The first-order chi connectivity index (χ1) is 7.83. The Hall–Kier alpha value is -2.17. The first-order valence-corrected chi connectivity index (χ1v) is 4.93. The smallest absolute Gasteiger partial charge is 0.356 e. The Bertz CT molecular complexity index is 479. The number of nitrogens with one attached hydrogen (secondary N) is 1. The van der Waals surface area contributed by atoms with Crippen LogP contribution in [0.5, 0.6) is 0 Å². The highest BCUT2D eigenvalue weighted by atomic mass is 16.5. The van der Waals surface area contributed by atoms with Gasteiger partial charge in [0, 0.05) is 18.0 Å². The van der Waals surface area contributed by atoms with E-state index in [4.69, 9.17) is 4.74 Å². The van der Waals surface area contributed by atoms with Gasteiger partial charge in [-0.15, -0.1) is 0 Å². The Kier molecular flexibility index (Phi) is 2.95. The summed E-state index contributed by atoms with van der Waals surface area (Å²) in [6.07, 6.45) is 4.93. The monoisotopic (exact) mass is 217 g/mol. The summed E-state index contributed by atoms with van der Waals surface area (Å²) in [7, 11) is 0. The molecule has 0 fully saturated rings. The van der Waals surface area contributed by atoms with Crippen molar-refractivity contribution in [2.45, 2.75) is 6.92 Å². The van der Waals surface area contributed by atoms with Crippen LogP contribution in [0, 0.1) is 0 Å². The molecular weight excluding hydrogens is 206 g/mol. The van der Waals surface area contributed by atoms with Gasteiger partial charge in [0.15, 0.2) is 5.69 Å². The Balaban J connectivity index is 2.37. The van der Waals surface area contributed by atoms with E-state index in [2.05, 4.69) is 15.2 Å². The fraction of sp³-hybridized carbons (Fsp3) is 0.182. The Morgan fingerprint density at radius 2 is 2.19 bits per heavy atom. The number of aromatic nitrogens is 3. The molecule has 2 aromatic rings. The zero-order valence-electron chi connectivity index (χ0n) is 8.80. The number of carbonyl (C=O) groups excluding carboxylic acids is 1. The molecule has 0 aliphatic rings. The average molecular weight is 217 g/mol. The summed E-state index contributed by atoms with van der Waals surface area (Å²) >= 11 is 0. The van der Waals surface area contributed by atoms with Crippen LogP contribution in [0.4, 0.5) is 0 Å². The number of aromatic amines is 1. The number of rotatable bonds is 3. The van der Waals surface area contributed by atoms with Crippen LogP contribution in [-0.4, -0.2) is 27.8 Å². The fourth-order valence-corrected chi connectivity index (χ4v) is 1.40. The molecule has 0 amide bonds. The SMILES string of the molecule is CCOC(=O)c1[nH]ncc1-c1ccncc1. The van der Waals surface area contributed by atoms with E-state index in [1.165, 1.54) is 0 Å². The predicted molar refractivity (Wildman–Crippen MR) is 57.8 cm³/mol. The van der Waals surface area contributed by atoms with Crippen LogP contribution < -0.4 is 0 Å². The lowest BCUT2D eigenvalue weighted by Gasteiger charge is -2.02. The largest absolute Gasteiger partial charge is 0.461 e. The van der Waals surface area contributed by atoms with Crippen molar-refractivity contribution in [2.24, 2.45) is 0 Å². The fourth-order valence-electron chi connectivity index (χ4n) is 1.40. The number of H-pyrrole nitrogens is 1. The molecule has 1 N–H and O–H groups in total. The Morgan fingerprint density at radius 1 is 1.44 bits per heavy atom. The number of carbonyl (C=O) groups is 1. The summed E-state index contributed by atoms with van der Waals surface area (Å²) in [6, 6.07) is 3.63. The minimum Gasteiger partial charge on any atom is -0.461 e. The van der Waals surface area contributed by atoms with Gasteiger partial charge in [0.1, 0.15) is 0 Å². The van der Waals surface area contributed by atoms with Gasteiger partial charge in [0.05, 0.1) is 12.8 Å². The summed E-state index contributed by atoms with van der Waals surface area (Å²) in [4.78, 5) is 15.5. The molecule has 5 nitrogen and oxygen atoms in total. The maximum Gasteiger partial charge on any atom is 0.356 e. The van der Waals surface area contributed by atoms with E-state index >= 15 is 0 Å². The highest BCUT2D eigenvalue weighted by Gasteiger charge is 2.15. The van der Waals surface area contributed by atoms with Crippen LogP contribution >= 0.6 is 0 Å². The third kappa shape index (κ3) is 1.93. The Morgan fingerprint density at radius 3 is 2.88 bits per heavy atom. The van der Waals surface area contributed by atoms with Crippen molar-refractivity contribution < 1.29 is 9.53 Å². The van der Waals surface area contributed by atoms with Crippen molar-refractivity contribution in [1.29, 1.82) is 0 Å². The maximum atomic E-state index is 11.6. The molecule has 0 atom stereocenters. The molecule has 2 aromatic heterocycles. The summed E-state index contributed by atoms with van der Waals surface area (Å²) < 4.78 is 4.92. The average Bonchev–Trinajstić information content (AvgIpc) is 2.79. The second kappa shape index (κ2) is 4.57. The molecule has 0 bridgehead atoms. The van der Waals surface area contributed by atoms with Gasteiger partial charge in [-0.25, -0.2) is 4.79 Å². The first kappa shape index (κ1) is 10.4. The molecule has 0 saturated carbocycles. The van der Waals surface area contributed by atoms with E-state index < -0.39 is 5.97 Å². The number of ether oxygens (including phenoxy) is 1. The van der Waals surface area contributed by atoms with Gasteiger partial charge in [0.25, 0.3) is 0 Å². The van der Waals surface area contributed by atoms with Crippen LogP contribution in [0.2, 0.25) is 0 Å². The van der Waals surface area contributed by atoms with Crippen molar-refractivity contribution >= 4 is 5.97 Å². The summed E-state index contributed by atoms with van der Waals surface area (Å²) in [5, 5.41) is 6.50. The molecule has 0 saturated heterocycles. The maximum absolute atomic E-state index is 11.6. The zero-order chi connectivity index (χ0) is 11.4. The molecule has 16 heavy (non-hydrogen) atoms. The van der Waals surface area contributed by atoms with Crippen molar-refractivity contribution in [2.75, 3.05) is 6.61 Å². The van der Waals surface area contributed by atoms with E-state index in [0.29, 0.717) is 12.3 Å². The topological polar surface area (TPSA) is 67.9 Å². The number of esters is 1. The van der Waals surface area contributed by atoms with E-state index in [1.54, 1.807) is 25.5 Å². The van der Waals surface area contributed by atoms with Gasteiger partial charge in [0.2, 0.25) is 0 Å². The van der Waals surface area contributed by atoms with Gasteiger partial charge in [-0.2, -0.15) is 5.10 Å².